The SMILES string of the molecule is CCN(CC)c1ccc(NC(=O)COCCN)cc1. The van der Waals surface area contributed by atoms with Crippen LogP contribution in [0.4, 0.5) is 11.4 Å². The Morgan fingerprint density at radius 1 is 1.26 bits per heavy atom. The lowest BCUT2D eigenvalue weighted by Crippen LogP contribution is -2.22. The normalized spacial score (nSPS) is 10.3. The molecule has 0 spiro atoms. The molecule has 0 unspecified atom stereocenters. The van der Waals surface area contributed by atoms with Gasteiger partial charge in [0.1, 0.15) is 6.61 Å². The van der Waals surface area contributed by atoms with E-state index >= 15 is 0 Å². The van der Waals surface area contributed by atoms with Gasteiger partial charge in [0, 0.05) is 31.0 Å². The van der Waals surface area contributed by atoms with Crippen molar-refractivity contribution < 1.29 is 9.53 Å². The molecular formula is C14H23N3O2. The van der Waals surface area contributed by atoms with Gasteiger partial charge in [-0.25, -0.2) is 0 Å². The fourth-order valence-electron chi connectivity index (χ4n) is 1.79. The first kappa shape index (κ1) is 15.5. The Kier molecular flexibility index (Phi) is 6.92. The van der Waals surface area contributed by atoms with E-state index in [1.165, 1.54) is 0 Å². The van der Waals surface area contributed by atoms with Crippen LogP contribution in [-0.2, 0) is 9.53 Å². The molecule has 5 nitrogen and oxygen atoms in total. The number of carbonyl (C=O) groups is 1. The molecule has 1 amide bonds. The Morgan fingerprint density at radius 2 is 1.89 bits per heavy atom. The average molecular weight is 265 g/mol. The summed E-state index contributed by atoms with van der Waals surface area (Å²) in [5, 5.41) is 2.78. The van der Waals surface area contributed by atoms with Gasteiger partial charge in [0.15, 0.2) is 0 Å². The molecule has 0 aliphatic heterocycles. The zero-order chi connectivity index (χ0) is 14.1. The minimum absolute atomic E-state index is 0.0367. The molecule has 3 N–H and O–H groups in total. The number of carbonyl (C=O) groups excluding carboxylic acids is 1. The predicted octanol–water partition coefficient (Wildman–Crippen LogP) is 1.45. The summed E-state index contributed by atoms with van der Waals surface area (Å²) < 4.78 is 5.07. The molecule has 0 saturated heterocycles. The lowest BCUT2D eigenvalue weighted by molar-refractivity contribution is -0.120. The number of nitrogens with one attached hydrogen (secondary N) is 1. The first-order valence-corrected chi connectivity index (χ1v) is 6.63. The van der Waals surface area contributed by atoms with Crippen LogP contribution in [0, 0.1) is 0 Å². The number of rotatable bonds is 8. The van der Waals surface area contributed by atoms with E-state index in [0.717, 1.165) is 24.5 Å². The fourth-order valence-corrected chi connectivity index (χ4v) is 1.79. The highest BCUT2D eigenvalue weighted by atomic mass is 16.5. The van der Waals surface area contributed by atoms with Gasteiger partial charge in [-0.3, -0.25) is 4.79 Å². The molecule has 1 rings (SSSR count). The number of hydrogen-bond acceptors (Lipinski definition) is 4. The molecule has 106 valence electrons. The van der Waals surface area contributed by atoms with Gasteiger partial charge in [-0.15, -0.1) is 0 Å². The first-order chi connectivity index (χ1) is 9.21. The van der Waals surface area contributed by atoms with E-state index < -0.39 is 0 Å². The van der Waals surface area contributed by atoms with E-state index in [9.17, 15) is 4.79 Å². The molecule has 0 bridgehead atoms. The van der Waals surface area contributed by atoms with Gasteiger partial charge in [-0.2, -0.15) is 0 Å². The van der Waals surface area contributed by atoms with E-state index in [1.54, 1.807) is 0 Å². The van der Waals surface area contributed by atoms with Gasteiger partial charge in [-0.05, 0) is 38.1 Å². The molecule has 0 atom stereocenters. The highest BCUT2D eigenvalue weighted by Gasteiger charge is 2.04. The predicted molar refractivity (Wildman–Crippen MR) is 78.5 cm³/mol. The van der Waals surface area contributed by atoms with Crippen LogP contribution in [0.5, 0.6) is 0 Å². The largest absolute Gasteiger partial charge is 0.372 e. The van der Waals surface area contributed by atoms with Crippen LogP contribution in [0.25, 0.3) is 0 Å². The Bertz CT molecular complexity index is 375. The standard InChI is InChI=1S/C14H23N3O2/c1-3-17(4-2)13-7-5-12(6-8-13)16-14(18)11-19-10-9-15/h5-8H,3-4,9-11,15H2,1-2H3,(H,16,18). The Balaban J connectivity index is 2.50. The van der Waals surface area contributed by atoms with Crippen LogP contribution in [-0.4, -0.2) is 38.8 Å². The van der Waals surface area contributed by atoms with E-state index in [2.05, 4.69) is 24.1 Å². The molecule has 5 heteroatoms. The number of nitrogens with two attached hydrogens (primary N) is 1. The summed E-state index contributed by atoms with van der Waals surface area (Å²) in [4.78, 5) is 13.8. The van der Waals surface area contributed by atoms with Crippen molar-refractivity contribution in [3.8, 4) is 0 Å². The number of amides is 1. The third-order valence-electron chi connectivity index (χ3n) is 2.77. The second kappa shape index (κ2) is 8.50. The van der Waals surface area contributed by atoms with E-state index in [-0.39, 0.29) is 12.5 Å². The van der Waals surface area contributed by atoms with E-state index in [1.807, 2.05) is 24.3 Å². The molecule has 0 heterocycles. The van der Waals surface area contributed by atoms with Gasteiger partial charge in [0.05, 0.1) is 6.61 Å². The van der Waals surface area contributed by atoms with Crippen LogP contribution in [0.1, 0.15) is 13.8 Å². The number of benzene rings is 1. The van der Waals surface area contributed by atoms with Crippen LogP contribution >= 0.6 is 0 Å². The Morgan fingerprint density at radius 3 is 2.42 bits per heavy atom. The van der Waals surface area contributed by atoms with Gasteiger partial charge in [0.2, 0.25) is 5.91 Å². The highest BCUT2D eigenvalue weighted by molar-refractivity contribution is 5.91. The van der Waals surface area contributed by atoms with Crippen LogP contribution in [0.15, 0.2) is 24.3 Å². The molecule has 0 aromatic heterocycles. The van der Waals surface area contributed by atoms with Crippen molar-refractivity contribution in [1.29, 1.82) is 0 Å². The van der Waals surface area contributed by atoms with E-state index in [4.69, 9.17) is 10.5 Å². The summed E-state index contributed by atoms with van der Waals surface area (Å²) >= 11 is 0. The van der Waals surface area contributed by atoms with Crippen molar-refractivity contribution >= 4 is 17.3 Å². The Labute approximate surface area is 114 Å². The summed E-state index contributed by atoms with van der Waals surface area (Å²) in [6.45, 7) is 7.03. The summed E-state index contributed by atoms with van der Waals surface area (Å²) in [5.41, 5.74) is 7.21. The van der Waals surface area contributed by atoms with Crippen molar-refractivity contribution in [2.75, 3.05) is 43.1 Å². The maximum absolute atomic E-state index is 11.5. The van der Waals surface area contributed by atoms with Crippen molar-refractivity contribution in [3.05, 3.63) is 24.3 Å². The maximum Gasteiger partial charge on any atom is 0.250 e. The second-order valence-electron chi connectivity index (χ2n) is 4.11. The molecule has 0 radical (unpaired) electrons. The maximum atomic E-state index is 11.5. The van der Waals surface area contributed by atoms with Crippen molar-refractivity contribution in [1.82, 2.24) is 0 Å². The third-order valence-corrected chi connectivity index (χ3v) is 2.77. The molecular weight excluding hydrogens is 242 g/mol. The van der Waals surface area contributed by atoms with Gasteiger partial charge in [0.25, 0.3) is 0 Å². The summed E-state index contributed by atoms with van der Waals surface area (Å²) in [6, 6.07) is 7.80. The molecule has 0 aliphatic carbocycles. The zero-order valence-electron chi connectivity index (χ0n) is 11.7. The number of nitrogens with zero attached hydrogens (tertiary/aromatic N) is 1. The third kappa shape index (κ3) is 5.28. The summed E-state index contributed by atoms with van der Waals surface area (Å²) in [5.74, 6) is -0.163. The monoisotopic (exact) mass is 265 g/mol. The minimum atomic E-state index is -0.163. The Hall–Kier alpha value is -1.59. The molecule has 0 aliphatic rings. The smallest absolute Gasteiger partial charge is 0.250 e. The molecule has 1 aromatic rings. The molecule has 1 aromatic carbocycles. The lowest BCUT2D eigenvalue weighted by Gasteiger charge is -2.21. The molecule has 0 fully saturated rings. The quantitative estimate of drug-likeness (QED) is 0.698. The van der Waals surface area contributed by atoms with Crippen LogP contribution < -0.4 is 16.0 Å². The number of anilines is 2. The van der Waals surface area contributed by atoms with Crippen molar-refractivity contribution in [3.63, 3.8) is 0 Å². The number of hydrogen-bond donors (Lipinski definition) is 2. The number of ether oxygens (including phenoxy) is 1. The summed E-state index contributed by atoms with van der Waals surface area (Å²) in [7, 11) is 0. The first-order valence-electron chi connectivity index (χ1n) is 6.63. The second-order valence-corrected chi connectivity index (χ2v) is 4.11. The van der Waals surface area contributed by atoms with Gasteiger partial charge in [-0.1, -0.05) is 0 Å². The van der Waals surface area contributed by atoms with Crippen LogP contribution in [0.3, 0.4) is 0 Å². The van der Waals surface area contributed by atoms with E-state index in [0.29, 0.717) is 13.2 Å². The van der Waals surface area contributed by atoms with Gasteiger partial charge < -0.3 is 20.7 Å². The fraction of sp³-hybridized carbons (Fsp3) is 0.500. The lowest BCUT2D eigenvalue weighted by atomic mass is 10.2. The van der Waals surface area contributed by atoms with Crippen LogP contribution in [0.2, 0.25) is 0 Å². The van der Waals surface area contributed by atoms with Gasteiger partial charge >= 0.3 is 0 Å². The average Bonchev–Trinajstić information content (AvgIpc) is 2.42. The summed E-state index contributed by atoms with van der Waals surface area (Å²) in [6.07, 6.45) is 0. The van der Waals surface area contributed by atoms with Crippen molar-refractivity contribution in [2.24, 2.45) is 5.73 Å². The molecule has 19 heavy (non-hydrogen) atoms. The topological polar surface area (TPSA) is 67.6 Å². The van der Waals surface area contributed by atoms with Crippen molar-refractivity contribution in [2.45, 2.75) is 13.8 Å². The molecule has 0 saturated carbocycles. The highest BCUT2D eigenvalue weighted by Crippen LogP contribution is 2.17. The minimum Gasteiger partial charge on any atom is -0.372 e. The zero-order valence-corrected chi connectivity index (χ0v) is 11.7.